The molecular weight excluding hydrogens is 238 g/mol. The Labute approximate surface area is 114 Å². The Morgan fingerprint density at radius 3 is 2.84 bits per heavy atom. The highest BCUT2D eigenvalue weighted by molar-refractivity contribution is 5.85. The summed E-state index contributed by atoms with van der Waals surface area (Å²) in [6, 6.07) is 7.91. The standard InChI is InChI=1S/C16H21NO2/c1-3-6-15(19-4-2)16(18)13-8-5-7-12-9-10-17-11-14(12)13/h5,7-11,15-16,18H,3-4,6H2,1-2H3. The van der Waals surface area contributed by atoms with E-state index in [0.29, 0.717) is 6.61 Å². The predicted molar refractivity (Wildman–Crippen MR) is 77.0 cm³/mol. The van der Waals surface area contributed by atoms with Gasteiger partial charge in [-0.2, -0.15) is 0 Å². The number of rotatable bonds is 6. The van der Waals surface area contributed by atoms with Crippen LogP contribution < -0.4 is 0 Å². The molecule has 0 saturated heterocycles. The summed E-state index contributed by atoms with van der Waals surface area (Å²) >= 11 is 0. The van der Waals surface area contributed by atoms with Gasteiger partial charge in [-0.3, -0.25) is 4.98 Å². The molecule has 0 saturated carbocycles. The van der Waals surface area contributed by atoms with Crippen molar-refractivity contribution in [3.8, 4) is 0 Å². The minimum Gasteiger partial charge on any atom is -0.386 e. The molecule has 3 heteroatoms. The van der Waals surface area contributed by atoms with Crippen molar-refractivity contribution in [2.24, 2.45) is 0 Å². The van der Waals surface area contributed by atoms with Crippen molar-refractivity contribution in [2.45, 2.75) is 38.9 Å². The molecule has 2 rings (SSSR count). The van der Waals surface area contributed by atoms with E-state index in [9.17, 15) is 5.11 Å². The van der Waals surface area contributed by atoms with Crippen LogP contribution in [0.1, 0.15) is 38.4 Å². The molecule has 0 aliphatic heterocycles. The number of aromatic nitrogens is 1. The van der Waals surface area contributed by atoms with Crippen LogP contribution >= 0.6 is 0 Å². The van der Waals surface area contributed by atoms with Gasteiger partial charge in [0.25, 0.3) is 0 Å². The smallest absolute Gasteiger partial charge is 0.106 e. The molecule has 0 fully saturated rings. The number of aliphatic hydroxyl groups is 1. The molecule has 2 aromatic rings. The molecule has 1 aromatic carbocycles. The first-order chi connectivity index (χ1) is 9.27. The second kappa shape index (κ2) is 6.64. The van der Waals surface area contributed by atoms with Gasteiger partial charge in [0, 0.05) is 24.4 Å². The van der Waals surface area contributed by atoms with Crippen LogP contribution in [0.15, 0.2) is 36.7 Å². The van der Waals surface area contributed by atoms with Crippen molar-refractivity contribution in [2.75, 3.05) is 6.61 Å². The molecular formula is C16H21NO2. The Kier molecular flexibility index (Phi) is 4.88. The summed E-state index contributed by atoms with van der Waals surface area (Å²) in [5.41, 5.74) is 0.900. The number of fused-ring (bicyclic) bond motifs is 1. The molecule has 102 valence electrons. The van der Waals surface area contributed by atoms with E-state index in [2.05, 4.69) is 11.9 Å². The number of benzene rings is 1. The maximum Gasteiger partial charge on any atom is 0.106 e. The van der Waals surface area contributed by atoms with Gasteiger partial charge < -0.3 is 9.84 Å². The molecule has 1 heterocycles. The van der Waals surface area contributed by atoms with Gasteiger partial charge in [0.15, 0.2) is 0 Å². The lowest BCUT2D eigenvalue weighted by atomic mass is 9.96. The second-order valence-electron chi connectivity index (χ2n) is 4.67. The Balaban J connectivity index is 2.36. The van der Waals surface area contributed by atoms with Gasteiger partial charge in [-0.25, -0.2) is 0 Å². The molecule has 0 aliphatic rings. The minimum atomic E-state index is -0.604. The number of hydrogen-bond acceptors (Lipinski definition) is 3. The number of nitrogens with zero attached hydrogens (tertiary/aromatic N) is 1. The average Bonchev–Trinajstić information content (AvgIpc) is 2.46. The van der Waals surface area contributed by atoms with Crippen molar-refractivity contribution < 1.29 is 9.84 Å². The van der Waals surface area contributed by atoms with Crippen LogP contribution in [-0.4, -0.2) is 22.8 Å². The first kappa shape index (κ1) is 14.0. The molecule has 0 amide bonds. The lowest BCUT2D eigenvalue weighted by Gasteiger charge is -2.23. The average molecular weight is 259 g/mol. The summed E-state index contributed by atoms with van der Waals surface area (Å²) in [5, 5.41) is 12.7. The Morgan fingerprint density at radius 2 is 2.11 bits per heavy atom. The fourth-order valence-corrected chi connectivity index (χ4v) is 2.43. The zero-order chi connectivity index (χ0) is 13.7. The molecule has 19 heavy (non-hydrogen) atoms. The fraction of sp³-hybridized carbons (Fsp3) is 0.438. The predicted octanol–water partition coefficient (Wildman–Crippen LogP) is 3.47. The molecule has 1 N–H and O–H groups in total. The normalized spacial score (nSPS) is 14.5. The third-order valence-electron chi connectivity index (χ3n) is 3.34. The largest absolute Gasteiger partial charge is 0.386 e. The van der Waals surface area contributed by atoms with E-state index in [0.717, 1.165) is 29.2 Å². The van der Waals surface area contributed by atoms with E-state index in [1.54, 1.807) is 6.20 Å². The molecule has 0 radical (unpaired) electrons. The summed E-state index contributed by atoms with van der Waals surface area (Å²) in [5.74, 6) is 0. The molecule has 2 atom stereocenters. The highest BCUT2D eigenvalue weighted by atomic mass is 16.5. The Hall–Kier alpha value is -1.45. The van der Waals surface area contributed by atoms with Gasteiger partial charge in [-0.1, -0.05) is 31.5 Å². The van der Waals surface area contributed by atoms with Gasteiger partial charge in [0.2, 0.25) is 0 Å². The van der Waals surface area contributed by atoms with Gasteiger partial charge in [-0.05, 0) is 30.4 Å². The summed E-state index contributed by atoms with van der Waals surface area (Å²) in [6.45, 7) is 4.67. The Bertz CT molecular complexity index is 516. The number of pyridine rings is 1. The Morgan fingerprint density at radius 1 is 1.26 bits per heavy atom. The van der Waals surface area contributed by atoms with Crippen molar-refractivity contribution >= 4 is 10.8 Å². The van der Waals surface area contributed by atoms with Crippen molar-refractivity contribution in [3.05, 3.63) is 42.2 Å². The zero-order valence-electron chi connectivity index (χ0n) is 11.5. The van der Waals surface area contributed by atoms with Gasteiger partial charge in [0.05, 0.1) is 6.10 Å². The quantitative estimate of drug-likeness (QED) is 0.863. The summed E-state index contributed by atoms with van der Waals surface area (Å²) in [6.07, 6.45) is 4.66. The highest BCUT2D eigenvalue weighted by Crippen LogP contribution is 2.28. The van der Waals surface area contributed by atoms with Crippen molar-refractivity contribution in [3.63, 3.8) is 0 Å². The SMILES string of the molecule is CCCC(OCC)C(O)c1cccc2ccncc12. The monoisotopic (exact) mass is 259 g/mol. The minimum absolute atomic E-state index is 0.152. The van der Waals surface area contributed by atoms with Crippen LogP contribution in [0, 0.1) is 0 Å². The number of hydrogen-bond donors (Lipinski definition) is 1. The topological polar surface area (TPSA) is 42.4 Å². The molecule has 3 nitrogen and oxygen atoms in total. The number of ether oxygens (including phenoxy) is 1. The van der Waals surface area contributed by atoms with Crippen LogP contribution in [0.3, 0.4) is 0 Å². The van der Waals surface area contributed by atoms with Crippen LogP contribution in [0.5, 0.6) is 0 Å². The third-order valence-corrected chi connectivity index (χ3v) is 3.34. The van der Waals surface area contributed by atoms with E-state index in [1.807, 2.05) is 37.4 Å². The summed E-state index contributed by atoms with van der Waals surface area (Å²) in [4.78, 5) is 4.16. The van der Waals surface area contributed by atoms with Gasteiger partial charge >= 0.3 is 0 Å². The zero-order valence-corrected chi connectivity index (χ0v) is 11.5. The molecule has 0 bridgehead atoms. The van der Waals surface area contributed by atoms with Gasteiger partial charge in [0.1, 0.15) is 6.10 Å². The third kappa shape index (κ3) is 3.11. The fourth-order valence-electron chi connectivity index (χ4n) is 2.43. The first-order valence-corrected chi connectivity index (χ1v) is 6.90. The van der Waals surface area contributed by atoms with Crippen molar-refractivity contribution in [1.29, 1.82) is 0 Å². The van der Waals surface area contributed by atoms with E-state index >= 15 is 0 Å². The summed E-state index contributed by atoms with van der Waals surface area (Å²) < 4.78 is 5.68. The van der Waals surface area contributed by atoms with E-state index in [1.165, 1.54) is 0 Å². The molecule has 0 aliphatic carbocycles. The van der Waals surface area contributed by atoms with Crippen LogP contribution in [-0.2, 0) is 4.74 Å². The maximum atomic E-state index is 10.6. The van der Waals surface area contributed by atoms with E-state index in [4.69, 9.17) is 4.74 Å². The number of aliphatic hydroxyl groups excluding tert-OH is 1. The molecule has 0 spiro atoms. The van der Waals surface area contributed by atoms with Crippen molar-refractivity contribution in [1.82, 2.24) is 4.98 Å². The summed E-state index contributed by atoms with van der Waals surface area (Å²) in [7, 11) is 0. The lowest BCUT2D eigenvalue weighted by Crippen LogP contribution is -2.22. The first-order valence-electron chi connectivity index (χ1n) is 6.90. The maximum absolute atomic E-state index is 10.6. The highest BCUT2D eigenvalue weighted by Gasteiger charge is 2.22. The second-order valence-corrected chi connectivity index (χ2v) is 4.67. The molecule has 2 unspecified atom stereocenters. The van der Waals surface area contributed by atoms with Crippen LogP contribution in [0.25, 0.3) is 10.8 Å². The van der Waals surface area contributed by atoms with Crippen LogP contribution in [0.4, 0.5) is 0 Å². The molecule has 1 aromatic heterocycles. The lowest BCUT2D eigenvalue weighted by molar-refractivity contribution is -0.0378. The van der Waals surface area contributed by atoms with E-state index < -0.39 is 6.10 Å². The van der Waals surface area contributed by atoms with Gasteiger partial charge in [-0.15, -0.1) is 0 Å². The van der Waals surface area contributed by atoms with Crippen LogP contribution in [0.2, 0.25) is 0 Å². The van der Waals surface area contributed by atoms with E-state index in [-0.39, 0.29) is 6.10 Å².